The normalized spacial score (nSPS) is 17.3. The molecule has 6 heteroatoms. The Morgan fingerprint density at radius 3 is 2.21 bits per heavy atom. The predicted molar refractivity (Wildman–Crippen MR) is 85.5 cm³/mol. The van der Waals surface area contributed by atoms with Crippen LogP contribution in [0.2, 0.25) is 0 Å². The van der Waals surface area contributed by atoms with Crippen LogP contribution in [0, 0.1) is 5.41 Å². The molecule has 0 aromatic heterocycles. The lowest BCUT2D eigenvalue weighted by atomic mass is 9.81. The molecular weight excluding hydrogens is 285 g/mol. The highest BCUT2D eigenvalue weighted by molar-refractivity contribution is 5.85. The lowest BCUT2D eigenvalue weighted by Gasteiger charge is -2.34. The van der Waals surface area contributed by atoms with Crippen molar-refractivity contribution >= 4 is 30.7 Å². The lowest BCUT2D eigenvalue weighted by Crippen LogP contribution is -2.45. The third-order valence-corrected chi connectivity index (χ3v) is 3.78. The van der Waals surface area contributed by atoms with Crippen LogP contribution >= 0.6 is 24.8 Å². The number of likely N-dealkylation sites (N-methyl/N-ethyl adjacent to an activating group) is 1. The molecule has 0 aliphatic carbocycles. The van der Waals surface area contributed by atoms with Crippen molar-refractivity contribution in [3.63, 3.8) is 0 Å². The Labute approximate surface area is 129 Å². The van der Waals surface area contributed by atoms with E-state index < -0.39 is 0 Å². The van der Waals surface area contributed by atoms with Crippen LogP contribution in [0.15, 0.2) is 0 Å². The Balaban J connectivity index is 0. The van der Waals surface area contributed by atoms with Crippen LogP contribution in [0.1, 0.15) is 33.6 Å². The summed E-state index contributed by atoms with van der Waals surface area (Å²) in [5.41, 5.74) is 0.282. The molecule has 1 heterocycles. The first kappa shape index (κ1) is 21.3. The van der Waals surface area contributed by atoms with Gasteiger partial charge in [0.1, 0.15) is 0 Å². The summed E-state index contributed by atoms with van der Waals surface area (Å²) < 4.78 is 0. The largest absolute Gasteiger partial charge is 0.354 e. The molecule has 116 valence electrons. The van der Waals surface area contributed by atoms with E-state index in [2.05, 4.69) is 36.3 Å². The summed E-state index contributed by atoms with van der Waals surface area (Å²) in [5.74, 6) is 0.161. The Bertz CT molecular complexity index is 242. The van der Waals surface area contributed by atoms with E-state index >= 15 is 0 Å². The van der Waals surface area contributed by atoms with Crippen molar-refractivity contribution in [1.82, 2.24) is 15.5 Å². The Morgan fingerprint density at radius 2 is 1.74 bits per heavy atom. The van der Waals surface area contributed by atoms with E-state index in [-0.39, 0.29) is 36.1 Å². The van der Waals surface area contributed by atoms with Crippen molar-refractivity contribution in [1.29, 1.82) is 0 Å². The number of nitrogens with one attached hydrogen (secondary N) is 2. The van der Waals surface area contributed by atoms with Crippen LogP contribution in [0.5, 0.6) is 0 Å². The molecule has 1 amide bonds. The van der Waals surface area contributed by atoms with E-state index in [0.717, 1.165) is 45.6 Å². The first-order valence-corrected chi connectivity index (χ1v) is 6.79. The molecule has 0 unspecified atom stereocenters. The van der Waals surface area contributed by atoms with Crippen LogP contribution in [0.4, 0.5) is 0 Å². The van der Waals surface area contributed by atoms with Crippen molar-refractivity contribution in [3.05, 3.63) is 0 Å². The first-order valence-electron chi connectivity index (χ1n) is 6.79. The Kier molecular flexibility index (Phi) is 12.0. The number of hydrogen-bond donors (Lipinski definition) is 2. The van der Waals surface area contributed by atoms with Crippen molar-refractivity contribution in [2.75, 3.05) is 39.3 Å². The molecule has 0 atom stereocenters. The van der Waals surface area contributed by atoms with Gasteiger partial charge in [-0.3, -0.25) is 9.69 Å². The minimum absolute atomic E-state index is 0. The maximum Gasteiger partial charge on any atom is 0.234 e. The van der Waals surface area contributed by atoms with Gasteiger partial charge in [-0.25, -0.2) is 0 Å². The second-order valence-electron chi connectivity index (χ2n) is 5.30. The van der Waals surface area contributed by atoms with Gasteiger partial charge in [-0.1, -0.05) is 20.8 Å². The van der Waals surface area contributed by atoms with Gasteiger partial charge in [-0.15, -0.1) is 24.8 Å². The molecule has 0 aromatic carbocycles. The molecule has 0 spiro atoms. The molecular formula is C13H29Cl2N3O. The summed E-state index contributed by atoms with van der Waals surface area (Å²) in [5, 5.41) is 6.44. The number of carbonyl (C=O) groups excluding carboxylic acids is 1. The molecule has 0 radical (unpaired) electrons. The van der Waals surface area contributed by atoms with Gasteiger partial charge < -0.3 is 10.6 Å². The molecule has 1 fully saturated rings. The van der Waals surface area contributed by atoms with Crippen LogP contribution in [0.25, 0.3) is 0 Å². The molecule has 0 bridgehead atoms. The fraction of sp³-hybridized carbons (Fsp3) is 0.923. The van der Waals surface area contributed by atoms with Crippen molar-refractivity contribution in [2.45, 2.75) is 33.6 Å². The molecule has 1 saturated heterocycles. The number of piperidine rings is 1. The standard InChI is InChI=1S/C13H27N3O.2ClH/c1-4-16(5-2)10-12(17)15-11-13(3)6-8-14-9-7-13;;/h14H,4-11H2,1-3H3,(H,15,17);2*1H. The Morgan fingerprint density at radius 1 is 1.21 bits per heavy atom. The highest BCUT2D eigenvalue weighted by atomic mass is 35.5. The maximum absolute atomic E-state index is 11.8. The zero-order valence-electron chi connectivity index (χ0n) is 12.3. The smallest absolute Gasteiger partial charge is 0.234 e. The van der Waals surface area contributed by atoms with Crippen LogP contribution in [-0.2, 0) is 4.79 Å². The van der Waals surface area contributed by atoms with Gasteiger partial charge in [0, 0.05) is 6.54 Å². The number of halogens is 2. The first-order chi connectivity index (χ1) is 8.09. The predicted octanol–water partition coefficient (Wildman–Crippen LogP) is 1.68. The number of rotatable bonds is 6. The fourth-order valence-corrected chi connectivity index (χ4v) is 2.23. The summed E-state index contributed by atoms with van der Waals surface area (Å²) >= 11 is 0. The third kappa shape index (κ3) is 7.98. The quantitative estimate of drug-likeness (QED) is 0.784. The second-order valence-corrected chi connectivity index (χ2v) is 5.30. The van der Waals surface area contributed by atoms with E-state index in [1.807, 2.05) is 0 Å². The number of nitrogens with zero attached hydrogens (tertiary/aromatic N) is 1. The van der Waals surface area contributed by atoms with Gasteiger partial charge in [0.15, 0.2) is 0 Å². The van der Waals surface area contributed by atoms with E-state index in [0.29, 0.717) is 6.54 Å². The number of carbonyl (C=O) groups is 1. The van der Waals surface area contributed by atoms with Crippen molar-refractivity contribution in [2.24, 2.45) is 5.41 Å². The summed E-state index contributed by atoms with van der Waals surface area (Å²) in [6.07, 6.45) is 2.30. The summed E-state index contributed by atoms with van der Waals surface area (Å²) in [7, 11) is 0. The average molecular weight is 314 g/mol. The fourth-order valence-electron chi connectivity index (χ4n) is 2.23. The third-order valence-electron chi connectivity index (χ3n) is 3.78. The molecule has 1 aliphatic heterocycles. The van der Waals surface area contributed by atoms with E-state index in [1.54, 1.807) is 0 Å². The molecule has 0 saturated carbocycles. The highest BCUT2D eigenvalue weighted by Gasteiger charge is 2.26. The lowest BCUT2D eigenvalue weighted by molar-refractivity contribution is -0.122. The highest BCUT2D eigenvalue weighted by Crippen LogP contribution is 2.26. The van der Waals surface area contributed by atoms with Gasteiger partial charge in [0.05, 0.1) is 6.54 Å². The van der Waals surface area contributed by atoms with Gasteiger partial charge in [0.2, 0.25) is 5.91 Å². The second kappa shape index (κ2) is 10.7. The number of amides is 1. The Hall–Kier alpha value is -0.0300. The minimum atomic E-state index is 0. The van der Waals surface area contributed by atoms with E-state index in [1.165, 1.54) is 0 Å². The van der Waals surface area contributed by atoms with Crippen LogP contribution in [0.3, 0.4) is 0 Å². The van der Waals surface area contributed by atoms with Gasteiger partial charge in [0.25, 0.3) is 0 Å². The maximum atomic E-state index is 11.8. The number of hydrogen-bond acceptors (Lipinski definition) is 3. The summed E-state index contributed by atoms with van der Waals surface area (Å²) in [6, 6.07) is 0. The summed E-state index contributed by atoms with van der Waals surface area (Å²) in [4.78, 5) is 13.9. The van der Waals surface area contributed by atoms with Crippen molar-refractivity contribution < 1.29 is 4.79 Å². The van der Waals surface area contributed by atoms with Crippen LogP contribution < -0.4 is 10.6 Å². The zero-order chi connectivity index (χ0) is 12.7. The topological polar surface area (TPSA) is 44.4 Å². The molecule has 1 rings (SSSR count). The van der Waals surface area contributed by atoms with Crippen LogP contribution in [-0.4, -0.2) is 50.1 Å². The average Bonchev–Trinajstić information content (AvgIpc) is 2.34. The van der Waals surface area contributed by atoms with Gasteiger partial charge in [-0.05, 0) is 44.4 Å². The van der Waals surface area contributed by atoms with Gasteiger partial charge in [-0.2, -0.15) is 0 Å². The molecule has 1 aliphatic rings. The molecule has 0 aromatic rings. The van der Waals surface area contributed by atoms with E-state index in [4.69, 9.17) is 0 Å². The molecule has 19 heavy (non-hydrogen) atoms. The zero-order valence-corrected chi connectivity index (χ0v) is 14.0. The monoisotopic (exact) mass is 313 g/mol. The van der Waals surface area contributed by atoms with Crippen molar-refractivity contribution in [3.8, 4) is 0 Å². The molecule has 2 N–H and O–H groups in total. The molecule has 4 nitrogen and oxygen atoms in total. The van der Waals surface area contributed by atoms with E-state index in [9.17, 15) is 4.79 Å². The summed E-state index contributed by atoms with van der Waals surface area (Å²) in [6.45, 7) is 11.8. The minimum Gasteiger partial charge on any atom is -0.354 e. The van der Waals surface area contributed by atoms with Gasteiger partial charge >= 0.3 is 0 Å². The SMILES string of the molecule is CCN(CC)CC(=O)NCC1(C)CCNCC1.Cl.Cl.